The van der Waals surface area contributed by atoms with Crippen LogP contribution in [-0.2, 0) is 17.9 Å². The van der Waals surface area contributed by atoms with Crippen LogP contribution in [0.5, 0.6) is 0 Å². The third-order valence-electron chi connectivity index (χ3n) is 5.07. The van der Waals surface area contributed by atoms with Crippen LogP contribution in [0.25, 0.3) is 11.4 Å². The first-order chi connectivity index (χ1) is 16.2. The van der Waals surface area contributed by atoms with E-state index in [9.17, 15) is 4.79 Å². The van der Waals surface area contributed by atoms with Gasteiger partial charge in [-0.3, -0.25) is 14.3 Å². The van der Waals surface area contributed by atoms with E-state index in [1.54, 1.807) is 18.5 Å². The standard InChI is InChI=1S/C26H25N5OS/c1-3-15-30-25(22-12-8-14-27-17-22)28-29-26(30)33-19-24(32)31(18-21-10-5-4-6-11-21)23-13-7-9-20(2)16-23/h3-14,16-17H,1,15,18-19H2,2H3. The molecule has 0 atom stereocenters. The fourth-order valence-corrected chi connectivity index (χ4v) is 4.31. The molecule has 166 valence electrons. The molecule has 0 fully saturated rings. The number of allylic oxidation sites excluding steroid dienone is 1. The van der Waals surface area contributed by atoms with Crippen LogP contribution in [0.2, 0.25) is 0 Å². The van der Waals surface area contributed by atoms with E-state index in [1.165, 1.54) is 11.8 Å². The second-order valence-electron chi connectivity index (χ2n) is 7.54. The van der Waals surface area contributed by atoms with Crippen molar-refractivity contribution in [2.24, 2.45) is 0 Å². The summed E-state index contributed by atoms with van der Waals surface area (Å²) in [5, 5.41) is 9.36. The SMILES string of the molecule is C=CCn1c(SCC(=O)N(Cc2ccccc2)c2cccc(C)c2)nnc1-c1cccnc1. The number of rotatable bonds is 9. The monoisotopic (exact) mass is 455 g/mol. The summed E-state index contributed by atoms with van der Waals surface area (Å²) in [6.45, 7) is 6.93. The zero-order valence-corrected chi connectivity index (χ0v) is 19.3. The van der Waals surface area contributed by atoms with Crippen molar-refractivity contribution in [2.45, 2.75) is 25.2 Å². The summed E-state index contributed by atoms with van der Waals surface area (Å²) < 4.78 is 1.95. The summed E-state index contributed by atoms with van der Waals surface area (Å²) in [6, 6.07) is 21.8. The average molecular weight is 456 g/mol. The maximum Gasteiger partial charge on any atom is 0.237 e. The zero-order chi connectivity index (χ0) is 23.0. The van der Waals surface area contributed by atoms with E-state index in [4.69, 9.17) is 0 Å². The van der Waals surface area contributed by atoms with Crippen molar-refractivity contribution >= 4 is 23.4 Å². The second-order valence-corrected chi connectivity index (χ2v) is 8.48. The van der Waals surface area contributed by atoms with Crippen molar-refractivity contribution in [3.05, 3.63) is 103 Å². The van der Waals surface area contributed by atoms with Gasteiger partial charge in [-0.25, -0.2) is 0 Å². The number of carbonyl (C=O) groups is 1. The first-order valence-electron chi connectivity index (χ1n) is 10.6. The van der Waals surface area contributed by atoms with Crippen LogP contribution >= 0.6 is 11.8 Å². The fraction of sp³-hybridized carbons (Fsp3) is 0.154. The molecule has 4 rings (SSSR count). The van der Waals surface area contributed by atoms with E-state index in [0.717, 1.165) is 22.4 Å². The van der Waals surface area contributed by atoms with E-state index >= 15 is 0 Å². The number of hydrogen-bond donors (Lipinski definition) is 0. The van der Waals surface area contributed by atoms with E-state index in [-0.39, 0.29) is 11.7 Å². The van der Waals surface area contributed by atoms with Gasteiger partial charge in [-0.1, -0.05) is 60.3 Å². The lowest BCUT2D eigenvalue weighted by Gasteiger charge is -2.23. The highest BCUT2D eigenvalue weighted by atomic mass is 32.2. The Morgan fingerprint density at radius 2 is 1.94 bits per heavy atom. The summed E-state index contributed by atoms with van der Waals surface area (Å²) in [5.41, 5.74) is 3.94. The number of aromatic nitrogens is 4. The Morgan fingerprint density at radius 1 is 1.09 bits per heavy atom. The Labute approximate surface area is 198 Å². The molecule has 0 N–H and O–H groups in total. The average Bonchev–Trinajstić information content (AvgIpc) is 3.25. The van der Waals surface area contributed by atoms with Crippen molar-refractivity contribution in [3.63, 3.8) is 0 Å². The minimum atomic E-state index is 0.00512. The number of thioether (sulfide) groups is 1. The van der Waals surface area contributed by atoms with Crippen LogP contribution in [-0.4, -0.2) is 31.4 Å². The Balaban J connectivity index is 1.56. The molecule has 7 heteroatoms. The molecule has 0 radical (unpaired) electrons. The van der Waals surface area contributed by atoms with Gasteiger partial charge in [-0.2, -0.15) is 0 Å². The zero-order valence-electron chi connectivity index (χ0n) is 18.5. The summed E-state index contributed by atoms with van der Waals surface area (Å²) in [7, 11) is 0. The molecule has 0 aliphatic carbocycles. The molecule has 2 aromatic heterocycles. The number of benzene rings is 2. The maximum absolute atomic E-state index is 13.4. The van der Waals surface area contributed by atoms with Crippen LogP contribution in [0.15, 0.2) is 96.9 Å². The van der Waals surface area contributed by atoms with E-state index < -0.39 is 0 Å². The molecule has 0 aliphatic rings. The van der Waals surface area contributed by atoms with Crippen LogP contribution in [0, 0.1) is 6.92 Å². The number of aryl methyl sites for hydroxylation is 1. The number of anilines is 1. The van der Waals surface area contributed by atoms with Gasteiger partial charge < -0.3 is 4.90 Å². The molecule has 0 aliphatic heterocycles. The highest BCUT2D eigenvalue weighted by Gasteiger charge is 2.20. The van der Waals surface area contributed by atoms with Gasteiger partial charge in [0.05, 0.1) is 12.3 Å². The lowest BCUT2D eigenvalue weighted by Crippen LogP contribution is -2.32. The van der Waals surface area contributed by atoms with Crippen molar-refractivity contribution < 1.29 is 4.79 Å². The molecular weight excluding hydrogens is 430 g/mol. The predicted molar refractivity (Wildman–Crippen MR) is 133 cm³/mol. The lowest BCUT2D eigenvalue weighted by molar-refractivity contribution is -0.116. The van der Waals surface area contributed by atoms with Gasteiger partial charge in [0.1, 0.15) is 0 Å². The quantitative estimate of drug-likeness (QED) is 0.258. The molecular formula is C26H25N5OS. The Bertz CT molecular complexity index is 1220. The first-order valence-corrected chi connectivity index (χ1v) is 11.6. The minimum absolute atomic E-state index is 0.00512. The van der Waals surface area contributed by atoms with Crippen molar-refractivity contribution in [1.29, 1.82) is 0 Å². The summed E-state index contributed by atoms with van der Waals surface area (Å²) in [4.78, 5) is 19.4. The number of amides is 1. The van der Waals surface area contributed by atoms with Crippen molar-refractivity contribution in [2.75, 3.05) is 10.7 Å². The Hall–Kier alpha value is -3.71. The molecule has 0 saturated heterocycles. The molecule has 0 spiro atoms. The summed E-state index contributed by atoms with van der Waals surface area (Å²) in [6.07, 6.45) is 5.27. The van der Waals surface area contributed by atoms with Gasteiger partial charge in [0.25, 0.3) is 0 Å². The van der Waals surface area contributed by atoms with Crippen LogP contribution in [0.1, 0.15) is 11.1 Å². The lowest BCUT2D eigenvalue weighted by atomic mass is 10.1. The molecule has 2 aromatic carbocycles. The van der Waals surface area contributed by atoms with Gasteiger partial charge in [-0.05, 0) is 42.3 Å². The highest BCUT2D eigenvalue weighted by molar-refractivity contribution is 7.99. The number of carbonyl (C=O) groups excluding carboxylic acids is 1. The van der Waals surface area contributed by atoms with Gasteiger partial charge in [0.2, 0.25) is 5.91 Å². The molecule has 0 saturated carbocycles. The van der Waals surface area contributed by atoms with Gasteiger partial charge in [-0.15, -0.1) is 16.8 Å². The highest BCUT2D eigenvalue weighted by Crippen LogP contribution is 2.26. The second kappa shape index (κ2) is 10.7. The van der Waals surface area contributed by atoms with E-state index in [2.05, 4.69) is 21.8 Å². The molecule has 4 aromatic rings. The number of nitrogens with zero attached hydrogens (tertiary/aromatic N) is 5. The van der Waals surface area contributed by atoms with Crippen LogP contribution in [0.4, 0.5) is 5.69 Å². The molecule has 2 heterocycles. The minimum Gasteiger partial charge on any atom is -0.307 e. The third-order valence-corrected chi connectivity index (χ3v) is 6.02. The smallest absolute Gasteiger partial charge is 0.237 e. The maximum atomic E-state index is 13.4. The first kappa shape index (κ1) is 22.5. The fourth-order valence-electron chi connectivity index (χ4n) is 3.49. The van der Waals surface area contributed by atoms with Crippen molar-refractivity contribution in [3.8, 4) is 11.4 Å². The van der Waals surface area contributed by atoms with E-state index in [0.29, 0.717) is 24.1 Å². The molecule has 0 bridgehead atoms. The molecule has 0 unspecified atom stereocenters. The number of pyridine rings is 1. The van der Waals surface area contributed by atoms with Crippen molar-refractivity contribution in [1.82, 2.24) is 19.7 Å². The van der Waals surface area contributed by atoms with Crippen LogP contribution in [0.3, 0.4) is 0 Å². The van der Waals surface area contributed by atoms with E-state index in [1.807, 2.05) is 83.1 Å². The summed E-state index contributed by atoms with van der Waals surface area (Å²) >= 11 is 1.38. The normalized spacial score (nSPS) is 10.7. The molecule has 6 nitrogen and oxygen atoms in total. The Morgan fingerprint density at radius 3 is 2.67 bits per heavy atom. The Kier molecular flexibility index (Phi) is 7.32. The predicted octanol–water partition coefficient (Wildman–Crippen LogP) is 5.16. The van der Waals surface area contributed by atoms with Gasteiger partial charge in [0, 0.05) is 30.2 Å². The topological polar surface area (TPSA) is 63.9 Å². The number of hydrogen-bond acceptors (Lipinski definition) is 5. The van der Waals surface area contributed by atoms with Crippen LogP contribution < -0.4 is 4.90 Å². The molecule has 1 amide bonds. The molecule has 33 heavy (non-hydrogen) atoms. The third kappa shape index (κ3) is 5.56. The summed E-state index contributed by atoms with van der Waals surface area (Å²) in [5.74, 6) is 0.951. The van der Waals surface area contributed by atoms with Gasteiger partial charge in [0.15, 0.2) is 11.0 Å². The van der Waals surface area contributed by atoms with Gasteiger partial charge >= 0.3 is 0 Å². The largest absolute Gasteiger partial charge is 0.307 e.